The van der Waals surface area contributed by atoms with E-state index >= 15 is 0 Å². The first-order chi connectivity index (χ1) is 9.77. The van der Waals surface area contributed by atoms with Crippen molar-refractivity contribution in [1.29, 1.82) is 0 Å². The summed E-state index contributed by atoms with van der Waals surface area (Å²) in [5, 5.41) is 8.51. The highest BCUT2D eigenvalue weighted by atomic mass is 79.9. The van der Waals surface area contributed by atoms with Gasteiger partial charge in [0.05, 0.1) is 16.7 Å². The molecule has 1 rings (SSSR count). The Morgan fingerprint density at radius 1 is 1.24 bits per heavy atom. The lowest BCUT2D eigenvalue weighted by Crippen LogP contribution is -2.26. The summed E-state index contributed by atoms with van der Waals surface area (Å²) in [6.45, 7) is 0.156. The predicted molar refractivity (Wildman–Crippen MR) is 89.8 cm³/mol. The molecular formula is C11H8BrCl5N2O2. The molecule has 4 nitrogen and oxygen atoms in total. The molecule has 0 aliphatic heterocycles. The van der Waals surface area contributed by atoms with Crippen molar-refractivity contribution in [3.05, 3.63) is 27.2 Å². The maximum Gasteiger partial charge on any atom is 0.367 e. The normalized spacial score (nSPS) is 11.9. The highest BCUT2D eigenvalue weighted by Crippen LogP contribution is 2.37. The molecule has 0 atom stereocenters. The van der Waals surface area contributed by atoms with Gasteiger partial charge in [-0.1, -0.05) is 73.9 Å². The second-order valence-electron chi connectivity index (χ2n) is 3.64. The van der Waals surface area contributed by atoms with Gasteiger partial charge in [-0.2, -0.15) is 0 Å². The molecule has 0 aliphatic carbocycles. The van der Waals surface area contributed by atoms with Crippen molar-refractivity contribution in [2.24, 2.45) is 10.2 Å². The Bertz CT molecular complexity index is 530. The summed E-state index contributed by atoms with van der Waals surface area (Å²) in [5.41, 5.74) is 0.0988. The van der Waals surface area contributed by atoms with Crippen molar-refractivity contribution in [1.82, 2.24) is 0 Å². The number of rotatable bonds is 6. The summed E-state index contributed by atoms with van der Waals surface area (Å²) in [7, 11) is 0. The summed E-state index contributed by atoms with van der Waals surface area (Å²) >= 11 is 32.3. The van der Waals surface area contributed by atoms with Crippen LogP contribution in [0.15, 0.2) is 22.4 Å². The van der Waals surface area contributed by atoms with Crippen LogP contribution in [0.2, 0.25) is 15.1 Å². The van der Waals surface area contributed by atoms with Crippen molar-refractivity contribution in [2.75, 3.05) is 11.9 Å². The van der Waals surface area contributed by atoms with E-state index < -0.39 is 10.4 Å². The second kappa shape index (κ2) is 8.75. The smallest absolute Gasteiger partial charge is 0.367 e. The van der Waals surface area contributed by atoms with Crippen molar-refractivity contribution in [2.45, 2.75) is 10.9 Å². The minimum absolute atomic E-state index is 0.0988. The van der Waals surface area contributed by atoms with Crippen LogP contribution in [0, 0.1) is 0 Å². The van der Waals surface area contributed by atoms with Gasteiger partial charge in [0.1, 0.15) is 5.69 Å². The molecule has 0 amide bonds. The first kappa shape index (κ1) is 19.3. The topological polar surface area (TPSA) is 51.0 Å². The zero-order valence-corrected chi connectivity index (χ0v) is 15.6. The zero-order valence-electron chi connectivity index (χ0n) is 10.3. The van der Waals surface area contributed by atoms with E-state index in [-0.39, 0.29) is 22.3 Å². The summed E-state index contributed by atoms with van der Waals surface area (Å²) < 4.78 is 2.66. The molecule has 0 unspecified atom stereocenters. The Labute approximate surface area is 154 Å². The third-order valence-corrected chi connectivity index (χ3v) is 3.83. The maximum atomic E-state index is 11.6. The molecule has 0 spiro atoms. The highest BCUT2D eigenvalue weighted by Gasteiger charge is 2.36. The Kier molecular flexibility index (Phi) is 8.03. The van der Waals surface area contributed by atoms with Gasteiger partial charge < -0.3 is 4.74 Å². The fraction of sp³-hybridized carbons (Fsp3) is 0.364. The molecular weight excluding hydrogens is 449 g/mol. The minimum Gasteiger partial charge on any atom is -0.462 e. The molecule has 116 valence electrons. The number of nitrogens with zero attached hydrogens (tertiary/aromatic N) is 2. The first-order valence-corrected chi connectivity index (χ1v) is 8.47. The maximum absolute atomic E-state index is 11.6. The van der Waals surface area contributed by atoms with Crippen molar-refractivity contribution < 1.29 is 9.53 Å². The van der Waals surface area contributed by atoms with Gasteiger partial charge in [-0.05, 0) is 18.6 Å². The van der Waals surface area contributed by atoms with Gasteiger partial charge in [-0.15, -0.1) is 10.2 Å². The molecule has 1 aromatic carbocycles. The molecule has 0 heterocycles. The Hall–Kier alpha value is 0.220. The van der Waals surface area contributed by atoms with Crippen LogP contribution in [0.3, 0.4) is 0 Å². The number of carbonyl (C=O) groups is 1. The fourth-order valence-corrected chi connectivity index (χ4v) is 2.40. The largest absolute Gasteiger partial charge is 0.462 e. The average molecular weight is 457 g/mol. The molecule has 0 aromatic heterocycles. The van der Waals surface area contributed by atoms with Crippen molar-refractivity contribution >= 4 is 85.6 Å². The molecule has 0 aliphatic rings. The molecule has 10 heteroatoms. The quantitative estimate of drug-likeness (QED) is 0.168. The lowest BCUT2D eigenvalue weighted by Gasteiger charge is -2.12. The number of ether oxygens (including phenoxy) is 1. The molecule has 0 N–H and O–H groups in total. The zero-order chi connectivity index (χ0) is 16.0. The minimum atomic E-state index is -2.18. The summed E-state index contributed by atoms with van der Waals surface area (Å²) in [6.07, 6.45) is 0.613. The van der Waals surface area contributed by atoms with E-state index in [2.05, 4.69) is 26.2 Å². The number of esters is 1. The number of hydrogen-bond acceptors (Lipinski definition) is 4. The molecule has 0 radical (unpaired) electrons. The van der Waals surface area contributed by atoms with Crippen LogP contribution >= 0.6 is 73.9 Å². The second-order valence-corrected chi connectivity index (χ2v) is 6.97. The third-order valence-electron chi connectivity index (χ3n) is 2.01. The highest BCUT2D eigenvalue weighted by molar-refractivity contribution is 9.09. The van der Waals surface area contributed by atoms with E-state index in [1.807, 2.05) is 0 Å². The van der Waals surface area contributed by atoms with E-state index in [1.165, 1.54) is 12.1 Å². The SMILES string of the molecule is O=C(OCCCBr)C(Cl)(Cl)N=Nc1c(Cl)cc(Cl)cc1Cl. The van der Waals surface area contributed by atoms with Gasteiger partial charge >= 0.3 is 10.4 Å². The monoisotopic (exact) mass is 454 g/mol. The van der Waals surface area contributed by atoms with Crippen LogP contribution in [-0.4, -0.2) is 22.4 Å². The summed E-state index contributed by atoms with van der Waals surface area (Å²) in [6, 6.07) is 2.84. The van der Waals surface area contributed by atoms with E-state index in [0.717, 1.165) is 0 Å². The van der Waals surface area contributed by atoms with E-state index in [1.54, 1.807) is 0 Å². The fourth-order valence-electron chi connectivity index (χ4n) is 1.09. The average Bonchev–Trinajstić information content (AvgIpc) is 2.37. The number of hydrogen-bond donors (Lipinski definition) is 0. The van der Waals surface area contributed by atoms with Crippen LogP contribution in [0.1, 0.15) is 6.42 Å². The van der Waals surface area contributed by atoms with Gasteiger partial charge in [0.25, 0.3) is 0 Å². The van der Waals surface area contributed by atoms with E-state index in [0.29, 0.717) is 16.8 Å². The molecule has 21 heavy (non-hydrogen) atoms. The molecule has 1 aromatic rings. The summed E-state index contributed by atoms with van der Waals surface area (Å²) in [5.74, 6) is -0.934. The van der Waals surface area contributed by atoms with Crippen molar-refractivity contribution in [3.8, 4) is 0 Å². The van der Waals surface area contributed by atoms with Crippen LogP contribution in [0.25, 0.3) is 0 Å². The summed E-state index contributed by atoms with van der Waals surface area (Å²) in [4.78, 5) is 11.6. The molecule has 0 bridgehead atoms. The van der Waals surface area contributed by atoms with Crippen LogP contribution in [-0.2, 0) is 9.53 Å². The van der Waals surface area contributed by atoms with Gasteiger partial charge in [0, 0.05) is 10.4 Å². The van der Waals surface area contributed by atoms with Crippen LogP contribution in [0.5, 0.6) is 0 Å². The van der Waals surface area contributed by atoms with E-state index in [4.69, 9.17) is 62.7 Å². The van der Waals surface area contributed by atoms with Crippen molar-refractivity contribution in [3.63, 3.8) is 0 Å². The lowest BCUT2D eigenvalue weighted by molar-refractivity contribution is -0.144. The Morgan fingerprint density at radius 2 is 1.81 bits per heavy atom. The van der Waals surface area contributed by atoms with E-state index in [9.17, 15) is 4.79 Å². The van der Waals surface area contributed by atoms with Gasteiger partial charge in [-0.3, -0.25) is 0 Å². The molecule has 0 saturated carbocycles. The number of carbonyl (C=O) groups excluding carboxylic acids is 1. The van der Waals surface area contributed by atoms with Crippen LogP contribution in [0.4, 0.5) is 5.69 Å². The number of halogens is 6. The number of benzene rings is 1. The standard InChI is InChI=1S/C11H8BrCl5N2O2/c12-2-1-3-21-10(20)11(16,17)19-18-9-7(14)4-6(13)5-8(9)15/h4-5H,1-3H2. The van der Waals surface area contributed by atoms with Gasteiger partial charge in [0.15, 0.2) is 0 Å². The number of alkyl halides is 3. The van der Waals surface area contributed by atoms with Crippen LogP contribution < -0.4 is 0 Å². The first-order valence-electron chi connectivity index (χ1n) is 5.46. The molecule has 0 saturated heterocycles. The Balaban J connectivity index is 2.85. The van der Waals surface area contributed by atoms with Gasteiger partial charge in [0.2, 0.25) is 0 Å². The van der Waals surface area contributed by atoms with Gasteiger partial charge in [-0.25, -0.2) is 4.79 Å². The lowest BCUT2D eigenvalue weighted by atomic mass is 10.3. The molecule has 0 fully saturated rings. The Morgan fingerprint density at radius 3 is 2.33 bits per heavy atom. The number of azo groups is 1. The third kappa shape index (κ3) is 6.08. The predicted octanol–water partition coefficient (Wildman–Crippen LogP) is 6.19.